The summed E-state index contributed by atoms with van der Waals surface area (Å²) in [5.41, 5.74) is 2.93. The van der Waals surface area contributed by atoms with Crippen LogP contribution in [-0.4, -0.2) is 38.7 Å². The summed E-state index contributed by atoms with van der Waals surface area (Å²) in [7, 11) is 0. The molecule has 0 atom stereocenters. The number of carbonyl (C=O) groups excluding carboxylic acids is 1. The first-order chi connectivity index (χ1) is 14.5. The number of hydrogen-bond acceptors (Lipinski definition) is 5. The van der Waals surface area contributed by atoms with Gasteiger partial charge in [0.05, 0.1) is 5.75 Å². The average molecular weight is 445 g/mol. The van der Waals surface area contributed by atoms with Gasteiger partial charge in [0.1, 0.15) is 12.1 Å². The molecule has 3 aromatic rings. The minimum Gasteiger partial charge on any atom is -0.355 e. The standard InChI is InChI=1S/C22H25FN4OS2/c1-16(2)17-7-9-19(10-8-17)27-15-25-26-22(27)30-14-21(28)24-11-12-29-13-18-5-3-4-6-20(18)23/h3-10,15-16H,11-14H2,1-2H3,(H,24,28). The van der Waals surface area contributed by atoms with Crippen molar-refractivity contribution >= 4 is 29.4 Å². The van der Waals surface area contributed by atoms with Crippen LogP contribution in [0.3, 0.4) is 0 Å². The average Bonchev–Trinajstić information content (AvgIpc) is 3.22. The van der Waals surface area contributed by atoms with Crippen molar-refractivity contribution in [1.82, 2.24) is 20.1 Å². The molecule has 0 spiro atoms. The summed E-state index contributed by atoms with van der Waals surface area (Å²) in [6.45, 7) is 4.86. The highest BCUT2D eigenvalue weighted by atomic mass is 32.2. The van der Waals surface area contributed by atoms with Crippen LogP contribution in [0.25, 0.3) is 5.69 Å². The van der Waals surface area contributed by atoms with E-state index in [9.17, 15) is 9.18 Å². The van der Waals surface area contributed by atoms with Crippen LogP contribution in [0.15, 0.2) is 60.0 Å². The lowest BCUT2D eigenvalue weighted by molar-refractivity contribution is -0.118. The SMILES string of the molecule is CC(C)c1ccc(-n2cnnc2SCC(=O)NCCSCc2ccccc2F)cc1. The number of nitrogens with one attached hydrogen (secondary N) is 1. The Bertz CT molecular complexity index is 960. The second-order valence-corrected chi connectivity index (χ2v) is 9.06. The van der Waals surface area contributed by atoms with Crippen molar-refractivity contribution in [2.24, 2.45) is 0 Å². The Morgan fingerprint density at radius 3 is 2.67 bits per heavy atom. The maximum absolute atomic E-state index is 13.6. The Morgan fingerprint density at radius 2 is 1.93 bits per heavy atom. The van der Waals surface area contributed by atoms with Crippen LogP contribution in [0.5, 0.6) is 0 Å². The zero-order chi connectivity index (χ0) is 21.3. The lowest BCUT2D eigenvalue weighted by Gasteiger charge is -2.09. The molecule has 8 heteroatoms. The molecule has 3 rings (SSSR count). The Morgan fingerprint density at radius 1 is 1.17 bits per heavy atom. The Balaban J connectivity index is 1.41. The minimum absolute atomic E-state index is 0.0591. The lowest BCUT2D eigenvalue weighted by atomic mass is 10.0. The molecule has 1 aromatic heterocycles. The molecule has 1 heterocycles. The number of hydrogen-bond donors (Lipinski definition) is 1. The topological polar surface area (TPSA) is 59.8 Å². The van der Waals surface area contributed by atoms with E-state index in [0.717, 1.165) is 11.4 Å². The molecule has 0 aliphatic rings. The predicted octanol–water partition coefficient (Wildman–Crippen LogP) is 4.67. The Hall–Kier alpha value is -2.32. The number of thioether (sulfide) groups is 2. The molecule has 0 aliphatic heterocycles. The zero-order valence-electron chi connectivity index (χ0n) is 17.0. The van der Waals surface area contributed by atoms with E-state index >= 15 is 0 Å². The van der Waals surface area contributed by atoms with Gasteiger partial charge in [-0.3, -0.25) is 9.36 Å². The van der Waals surface area contributed by atoms with Crippen molar-refractivity contribution in [1.29, 1.82) is 0 Å². The number of rotatable bonds is 10. The first-order valence-corrected chi connectivity index (χ1v) is 11.9. The maximum Gasteiger partial charge on any atom is 0.230 e. The van der Waals surface area contributed by atoms with Gasteiger partial charge in [0.15, 0.2) is 5.16 Å². The van der Waals surface area contributed by atoms with E-state index in [4.69, 9.17) is 0 Å². The van der Waals surface area contributed by atoms with Gasteiger partial charge >= 0.3 is 0 Å². The zero-order valence-corrected chi connectivity index (χ0v) is 18.7. The number of nitrogens with zero attached hydrogens (tertiary/aromatic N) is 3. The summed E-state index contributed by atoms with van der Waals surface area (Å²) >= 11 is 2.94. The molecule has 0 saturated carbocycles. The molecule has 1 N–H and O–H groups in total. The van der Waals surface area contributed by atoms with E-state index in [2.05, 4.69) is 41.5 Å². The van der Waals surface area contributed by atoms with Gasteiger partial charge in [0.25, 0.3) is 0 Å². The van der Waals surface area contributed by atoms with E-state index in [1.165, 1.54) is 23.4 Å². The van der Waals surface area contributed by atoms with Crippen molar-refractivity contribution in [2.75, 3.05) is 18.1 Å². The maximum atomic E-state index is 13.6. The summed E-state index contributed by atoms with van der Waals surface area (Å²) in [4.78, 5) is 12.1. The summed E-state index contributed by atoms with van der Waals surface area (Å²) < 4.78 is 15.5. The van der Waals surface area contributed by atoms with Gasteiger partial charge in [-0.25, -0.2) is 4.39 Å². The molecule has 0 aliphatic carbocycles. The van der Waals surface area contributed by atoms with E-state index in [0.29, 0.717) is 28.9 Å². The largest absolute Gasteiger partial charge is 0.355 e. The van der Waals surface area contributed by atoms with Crippen LogP contribution in [0, 0.1) is 5.82 Å². The van der Waals surface area contributed by atoms with Crippen LogP contribution < -0.4 is 5.32 Å². The van der Waals surface area contributed by atoms with Crippen LogP contribution in [0.2, 0.25) is 0 Å². The van der Waals surface area contributed by atoms with Gasteiger partial charge in [-0.2, -0.15) is 11.8 Å². The summed E-state index contributed by atoms with van der Waals surface area (Å²) in [5.74, 6) is 1.81. The number of aromatic nitrogens is 3. The van der Waals surface area contributed by atoms with Crippen molar-refractivity contribution in [3.63, 3.8) is 0 Å². The molecule has 2 aromatic carbocycles. The fourth-order valence-corrected chi connectivity index (χ4v) is 4.36. The van der Waals surface area contributed by atoms with E-state index in [1.54, 1.807) is 30.2 Å². The van der Waals surface area contributed by atoms with Crippen molar-refractivity contribution in [2.45, 2.75) is 30.7 Å². The van der Waals surface area contributed by atoms with Gasteiger partial charge in [-0.15, -0.1) is 10.2 Å². The smallest absolute Gasteiger partial charge is 0.230 e. The second-order valence-electron chi connectivity index (χ2n) is 7.01. The van der Waals surface area contributed by atoms with Gasteiger partial charge in [0.2, 0.25) is 5.91 Å². The van der Waals surface area contributed by atoms with Crippen LogP contribution in [0.1, 0.15) is 30.9 Å². The summed E-state index contributed by atoms with van der Waals surface area (Å²) in [5, 5.41) is 11.7. The molecule has 0 fully saturated rings. The van der Waals surface area contributed by atoms with E-state index in [1.807, 2.05) is 22.8 Å². The number of halogens is 1. The van der Waals surface area contributed by atoms with Crippen LogP contribution >= 0.6 is 23.5 Å². The van der Waals surface area contributed by atoms with Crippen LogP contribution in [0.4, 0.5) is 4.39 Å². The lowest BCUT2D eigenvalue weighted by Crippen LogP contribution is -2.27. The molecule has 5 nitrogen and oxygen atoms in total. The normalized spacial score (nSPS) is 11.1. The van der Waals surface area contributed by atoms with E-state index < -0.39 is 0 Å². The van der Waals surface area contributed by atoms with Crippen molar-refractivity contribution in [3.05, 3.63) is 71.8 Å². The minimum atomic E-state index is -0.187. The third-order valence-electron chi connectivity index (χ3n) is 4.47. The molecular formula is C22H25FN4OS2. The molecule has 0 radical (unpaired) electrons. The first-order valence-electron chi connectivity index (χ1n) is 9.75. The predicted molar refractivity (Wildman–Crippen MR) is 122 cm³/mol. The molecule has 0 saturated heterocycles. The highest BCUT2D eigenvalue weighted by Gasteiger charge is 2.10. The Labute approximate surface area is 184 Å². The quantitative estimate of drug-likeness (QED) is 0.364. The van der Waals surface area contributed by atoms with Gasteiger partial charge in [0, 0.05) is 23.7 Å². The summed E-state index contributed by atoms with van der Waals surface area (Å²) in [6, 6.07) is 15.0. The number of benzene rings is 2. The monoisotopic (exact) mass is 444 g/mol. The molecule has 158 valence electrons. The first kappa shape index (κ1) is 22.4. The van der Waals surface area contributed by atoms with Crippen molar-refractivity contribution in [3.8, 4) is 5.69 Å². The number of carbonyl (C=O) groups is 1. The molecule has 30 heavy (non-hydrogen) atoms. The highest BCUT2D eigenvalue weighted by Crippen LogP contribution is 2.22. The highest BCUT2D eigenvalue weighted by molar-refractivity contribution is 7.99. The third kappa shape index (κ3) is 6.34. The van der Waals surface area contributed by atoms with Gasteiger partial charge < -0.3 is 5.32 Å². The van der Waals surface area contributed by atoms with Gasteiger partial charge in [-0.05, 0) is 35.2 Å². The molecular weight excluding hydrogens is 419 g/mol. The van der Waals surface area contributed by atoms with Crippen LogP contribution in [-0.2, 0) is 10.5 Å². The fourth-order valence-electron chi connectivity index (χ4n) is 2.76. The van der Waals surface area contributed by atoms with E-state index in [-0.39, 0.29) is 17.5 Å². The third-order valence-corrected chi connectivity index (χ3v) is 6.42. The van der Waals surface area contributed by atoms with Crippen molar-refractivity contribution < 1.29 is 9.18 Å². The second kappa shape index (κ2) is 11.2. The molecule has 0 bridgehead atoms. The van der Waals surface area contributed by atoms with Gasteiger partial charge in [-0.1, -0.05) is 55.9 Å². The Kier molecular flexibility index (Phi) is 8.33. The fraction of sp³-hybridized carbons (Fsp3) is 0.318. The molecule has 1 amide bonds. The molecule has 0 unspecified atom stereocenters. The summed E-state index contributed by atoms with van der Waals surface area (Å²) in [6.07, 6.45) is 1.66. The number of amides is 1.